The van der Waals surface area contributed by atoms with Crippen molar-refractivity contribution in [2.24, 2.45) is 0 Å². The maximum atomic E-state index is 8.91. The number of rotatable bonds is 5. The van der Waals surface area contributed by atoms with Crippen molar-refractivity contribution in [1.82, 2.24) is 15.1 Å². The monoisotopic (exact) mass is 231 g/mol. The quantitative estimate of drug-likeness (QED) is 0.816. The number of nitrogens with one attached hydrogen (secondary N) is 1. The van der Waals surface area contributed by atoms with Gasteiger partial charge in [0.1, 0.15) is 0 Å². The summed E-state index contributed by atoms with van der Waals surface area (Å²) < 4.78 is 1.83. The standard InChI is InChI=1S/C13H17N3O/c1-11(10-17)14-9-12-3-5-13(6-4-12)16-8-2-7-15-16/h2-8,11,14,17H,9-10H2,1H3. The lowest BCUT2D eigenvalue weighted by Crippen LogP contribution is -2.28. The minimum atomic E-state index is 0.126. The van der Waals surface area contributed by atoms with Crippen LogP contribution >= 0.6 is 0 Å². The molecule has 0 aliphatic rings. The molecule has 2 N–H and O–H groups in total. The Bertz CT molecular complexity index is 436. The summed E-state index contributed by atoms with van der Waals surface area (Å²) in [6.45, 7) is 2.88. The van der Waals surface area contributed by atoms with Crippen LogP contribution in [0, 0.1) is 0 Å². The van der Waals surface area contributed by atoms with E-state index in [0.29, 0.717) is 0 Å². The zero-order valence-electron chi connectivity index (χ0n) is 9.87. The second kappa shape index (κ2) is 5.61. The molecule has 4 nitrogen and oxygen atoms in total. The van der Waals surface area contributed by atoms with Gasteiger partial charge in [-0.1, -0.05) is 12.1 Å². The molecule has 1 heterocycles. The van der Waals surface area contributed by atoms with Crippen LogP contribution in [0.25, 0.3) is 5.69 Å². The van der Waals surface area contributed by atoms with Gasteiger partial charge in [-0.15, -0.1) is 0 Å². The van der Waals surface area contributed by atoms with E-state index in [1.54, 1.807) is 6.20 Å². The SMILES string of the molecule is CC(CO)NCc1ccc(-n2cccn2)cc1. The van der Waals surface area contributed by atoms with Gasteiger partial charge >= 0.3 is 0 Å². The molecule has 2 rings (SSSR count). The van der Waals surface area contributed by atoms with Gasteiger partial charge < -0.3 is 10.4 Å². The summed E-state index contributed by atoms with van der Waals surface area (Å²) in [6, 6.07) is 10.2. The number of hydrogen-bond donors (Lipinski definition) is 2. The first kappa shape index (κ1) is 11.8. The second-order valence-electron chi connectivity index (χ2n) is 4.08. The number of aliphatic hydroxyl groups is 1. The van der Waals surface area contributed by atoms with Crippen molar-refractivity contribution in [3.63, 3.8) is 0 Å². The van der Waals surface area contributed by atoms with Crippen LogP contribution in [0.1, 0.15) is 12.5 Å². The van der Waals surface area contributed by atoms with Crippen LogP contribution in [0.5, 0.6) is 0 Å². The van der Waals surface area contributed by atoms with Crippen LogP contribution in [0.15, 0.2) is 42.7 Å². The molecule has 0 fully saturated rings. The molecule has 0 aliphatic carbocycles. The molecular formula is C13H17N3O. The normalized spacial score (nSPS) is 12.6. The Morgan fingerprint density at radius 1 is 1.35 bits per heavy atom. The second-order valence-corrected chi connectivity index (χ2v) is 4.08. The van der Waals surface area contributed by atoms with Gasteiger partial charge in [-0.05, 0) is 30.7 Å². The zero-order chi connectivity index (χ0) is 12.1. The summed E-state index contributed by atoms with van der Waals surface area (Å²) in [4.78, 5) is 0. The van der Waals surface area contributed by atoms with Crippen LogP contribution in [0.2, 0.25) is 0 Å². The van der Waals surface area contributed by atoms with Gasteiger partial charge in [0, 0.05) is 25.0 Å². The molecule has 0 spiro atoms. The Kier molecular flexibility index (Phi) is 3.90. The lowest BCUT2D eigenvalue weighted by molar-refractivity contribution is 0.251. The van der Waals surface area contributed by atoms with Crippen molar-refractivity contribution >= 4 is 0 Å². The van der Waals surface area contributed by atoms with Crippen molar-refractivity contribution < 1.29 is 5.11 Å². The molecule has 0 amide bonds. The molecule has 1 atom stereocenters. The van der Waals surface area contributed by atoms with Crippen LogP contribution < -0.4 is 5.32 Å². The van der Waals surface area contributed by atoms with Crippen LogP contribution in [0.4, 0.5) is 0 Å². The summed E-state index contributed by atoms with van der Waals surface area (Å²) in [5.41, 5.74) is 2.25. The molecule has 1 unspecified atom stereocenters. The average molecular weight is 231 g/mol. The largest absolute Gasteiger partial charge is 0.395 e. The fraction of sp³-hybridized carbons (Fsp3) is 0.308. The molecule has 0 saturated carbocycles. The Morgan fingerprint density at radius 3 is 2.71 bits per heavy atom. The lowest BCUT2D eigenvalue weighted by Gasteiger charge is -2.10. The molecule has 4 heteroatoms. The highest BCUT2D eigenvalue weighted by Gasteiger charge is 2.00. The van der Waals surface area contributed by atoms with Crippen LogP contribution in [0.3, 0.4) is 0 Å². The minimum absolute atomic E-state index is 0.126. The zero-order valence-corrected chi connectivity index (χ0v) is 9.87. The van der Waals surface area contributed by atoms with E-state index in [1.165, 1.54) is 5.56 Å². The van der Waals surface area contributed by atoms with Gasteiger partial charge in [-0.3, -0.25) is 0 Å². The van der Waals surface area contributed by atoms with E-state index in [-0.39, 0.29) is 12.6 Å². The molecular weight excluding hydrogens is 214 g/mol. The number of aliphatic hydroxyl groups excluding tert-OH is 1. The molecule has 17 heavy (non-hydrogen) atoms. The molecule has 2 aromatic rings. The van der Waals surface area contributed by atoms with E-state index in [4.69, 9.17) is 5.11 Å². The van der Waals surface area contributed by atoms with Gasteiger partial charge in [-0.25, -0.2) is 4.68 Å². The smallest absolute Gasteiger partial charge is 0.0645 e. The lowest BCUT2D eigenvalue weighted by atomic mass is 10.2. The Morgan fingerprint density at radius 2 is 2.12 bits per heavy atom. The predicted molar refractivity (Wildman–Crippen MR) is 67.0 cm³/mol. The third-order valence-electron chi connectivity index (χ3n) is 2.63. The average Bonchev–Trinajstić information content (AvgIpc) is 2.90. The van der Waals surface area contributed by atoms with Crippen molar-refractivity contribution in [2.45, 2.75) is 19.5 Å². The Balaban J connectivity index is 1.99. The summed E-state index contributed by atoms with van der Waals surface area (Å²) in [6.07, 6.45) is 3.68. The number of nitrogens with zero attached hydrogens (tertiary/aromatic N) is 2. The van der Waals surface area contributed by atoms with Crippen molar-refractivity contribution in [3.8, 4) is 5.69 Å². The highest BCUT2D eigenvalue weighted by Crippen LogP contribution is 2.08. The van der Waals surface area contributed by atoms with Crippen LogP contribution in [-0.2, 0) is 6.54 Å². The van der Waals surface area contributed by atoms with Gasteiger partial charge in [0.25, 0.3) is 0 Å². The van der Waals surface area contributed by atoms with E-state index < -0.39 is 0 Å². The van der Waals surface area contributed by atoms with Crippen LogP contribution in [-0.4, -0.2) is 27.5 Å². The molecule has 1 aromatic carbocycles. The Labute approximate surface area is 101 Å². The molecule has 0 radical (unpaired) electrons. The molecule has 0 bridgehead atoms. The van der Waals surface area contributed by atoms with E-state index in [9.17, 15) is 0 Å². The van der Waals surface area contributed by atoms with Crippen molar-refractivity contribution in [1.29, 1.82) is 0 Å². The summed E-state index contributed by atoms with van der Waals surface area (Å²) in [7, 11) is 0. The van der Waals surface area contributed by atoms with Crippen molar-refractivity contribution in [3.05, 3.63) is 48.3 Å². The maximum absolute atomic E-state index is 8.91. The van der Waals surface area contributed by atoms with E-state index in [1.807, 2.05) is 36.0 Å². The van der Waals surface area contributed by atoms with Gasteiger partial charge in [-0.2, -0.15) is 5.10 Å². The number of aromatic nitrogens is 2. The first-order valence-corrected chi connectivity index (χ1v) is 5.73. The Hall–Kier alpha value is -1.65. The molecule has 1 aromatic heterocycles. The highest BCUT2D eigenvalue weighted by molar-refractivity contribution is 5.33. The van der Waals surface area contributed by atoms with E-state index >= 15 is 0 Å². The van der Waals surface area contributed by atoms with Gasteiger partial charge in [0.2, 0.25) is 0 Å². The molecule has 0 saturated heterocycles. The van der Waals surface area contributed by atoms with E-state index in [0.717, 1.165) is 12.2 Å². The molecule has 90 valence electrons. The van der Waals surface area contributed by atoms with Gasteiger partial charge in [0.05, 0.1) is 12.3 Å². The summed E-state index contributed by atoms with van der Waals surface area (Å²) in [5, 5.41) is 16.3. The van der Waals surface area contributed by atoms with E-state index in [2.05, 4.69) is 22.5 Å². The van der Waals surface area contributed by atoms with Gasteiger partial charge in [0.15, 0.2) is 0 Å². The minimum Gasteiger partial charge on any atom is -0.395 e. The van der Waals surface area contributed by atoms with Crippen molar-refractivity contribution in [2.75, 3.05) is 6.61 Å². The first-order valence-electron chi connectivity index (χ1n) is 5.73. The number of benzene rings is 1. The third kappa shape index (κ3) is 3.15. The summed E-state index contributed by atoms with van der Waals surface area (Å²) in [5.74, 6) is 0. The highest BCUT2D eigenvalue weighted by atomic mass is 16.3. The first-order chi connectivity index (χ1) is 8.29. The fourth-order valence-corrected chi connectivity index (χ4v) is 1.54. The maximum Gasteiger partial charge on any atom is 0.0645 e. The number of hydrogen-bond acceptors (Lipinski definition) is 3. The fourth-order valence-electron chi connectivity index (χ4n) is 1.54. The topological polar surface area (TPSA) is 50.1 Å². The molecule has 0 aliphatic heterocycles. The predicted octanol–water partition coefficient (Wildman–Crippen LogP) is 1.34. The summed E-state index contributed by atoms with van der Waals surface area (Å²) >= 11 is 0. The third-order valence-corrected chi connectivity index (χ3v) is 2.63.